The Morgan fingerprint density at radius 2 is 1.74 bits per heavy atom. The lowest BCUT2D eigenvalue weighted by atomic mass is 9.79. The Hall–Kier alpha value is -0.865. The molecule has 1 aliphatic heterocycles. The molecule has 2 heterocycles. The van der Waals surface area contributed by atoms with Gasteiger partial charge in [-0.15, -0.1) is 0 Å². The van der Waals surface area contributed by atoms with Gasteiger partial charge in [0, 0.05) is 17.4 Å². The Morgan fingerprint density at radius 1 is 1.16 bits per heavy atom. The third-order valence-corrected chi connectivity index (χ3v) is 4.22. The highest BCUT2D eigenvalue weighted by Crippen LogP contribution is 2.36. The van der Waals surface area contributed by atoms with Crippen molar-refractivity contribution in [1.29, 1.82) is 0 Å². The number of hydrogen-bond donors (Lipinski definition) is 0. The van der Waals surface area contributed by atoms with Crippen molar-refractivity contribution in [1.82, 2.24) is 4.98 Å². The molecule has 1 fully saturated rings. The van der Waals surface area contributed by atoms with Crippen LogP contribution in [0.25, 0.3) is 0 Å². The lowest BCUT2D eigenvalue weighted by Gasteiger charge is -2.32. The maximum Gasteiger partial charge on any atom is 0.496 e. The molecule has 0 N–H and O–H groups in total. The molecule has 0 radical (unpaired) electrons. The van der Waals surface area contributed by atoms with Gasteiger partial charge >= 0.3 is 7.12 Å². The Balaban J connectivity index is 2.23. The number of nitrogens with zero attached hydrogens (tertiary/aromatic N) is 1. The molecular weight excluding hydrogens is 237 g/mol. The van der Waals surface area contributed by atoms with E-state index < -0.39 is 0 Å². The van der Waals surface area contributed by atoms with Crippen LogP contribution in [0, 0.1) is 6.92 Å². The molecule has 104 valence electrons. The second-order valence-electron chi connectivity index (χ2n) is 6.37. The van der Waals surface area contributed by atoms with Gasteiger partial charge in [0.2, 0.25) is 0 Å². The molecule has 19 heavy (non-hydrogen) atoms. The lowest BCUT2D eigenvalue weighted by Crippen LogP contribution is -2.41. The average Bonchev–Trinajstić information content (AvgIpc) is 2.51. The van der Waals surface area contributed by atoms with Gasteiger partial charge in [0.25, 0.3) is 0 Å². The van der Waals surface area contributed by atoms with E-state index in [4.69, 9.17) is 9.31 Å². The minimum Gasteiger partial charge on any atom is -0.399 e. The maximum atomic E-state index is 6.04. The predicted octanol–water partition coefficient (Wildman–Crippen LogP) is 2.64. The summed E-state index contributed by atoms with van der Waals surface area (Å²) in [5, 5.41) is 0. The maximum absolute atomic E-state index is 6.04. The summed E-state index contributed by atoms with van der Waals surface area (Å²) in [6.07, 6.45) is 4.03. The van der Waals surface area contributed by atoms with E-state index in [1.165, 1.54) is 11.3 Å². The zero-order valence-corrected chi connectivity index (χ0v) is 12.9. The summed E-state index contributed by atoms with van der Waals surface area (Å²) in [6, 6.07) is 2.14. The topological polar surface area (TPSA) is 31.4 Å². The quantitative estimate of drug-likeness (QED) is 0.784. The van der Waals surface area contributed by atoms with Gasteiger partial charge < -0.3 is 9.31 Å². The normalized spacial score (nSPS) is 20.8. The minimum atomic E-state index is -0.313. The van der Waals surface area contributed by atoms with E-state index in [1.807, 2.05) is 6.20 Å². The Kier molecular flexibility index (Phi) is 3.76. The van der Waals surface area contributed by atoms with Crippen molar-refractivity contribution in [2.45, 2.75) is 65.6 Å². The second-order valence-corrected chi connectivity index (χ2v) is 6.37. The number of hydrogen-bond acceptors (Lipinski definition) is 3. The largest absolute Gasteiger partial charge is 0.496 e. The summed E-state index contributed by atoms with van der Waals surface area (Å²) in [4.78, 5) is 4.55. The van der Waals surface area contributed by atoms with Crippen molar-refractivity contribution in [3.63, 3.8) is 0 Å². The minimum absolute atomic E-state index is 0.298. The van der Waals surface area contributed by atoms with Gasteiger partial charge in [0.15, 0.2) is 0 Å². The van der Waals surface area contributed by atoms with Gasteiger partial charge in [-0.3, -0.25) is 4.98 Å². The van der Waals surface area contributed by atoms with Crippen LogP contribution in [-0.4, -0.2) is 23.3 Å². The standard InChI is InChI=1S/C15H24BNO2/c1-7-8-13-11(2)9-12(10-17-13)16-18-14(3,4)15(5,6)19-16/h9-10H,7-8H2,1-6H3. The van der Waals surface area contributed by atoms with Crippen molar-refractivity contribution in [3.05, 3.63) is 23.5 Å². The number of pyridine rings is 1. The molecule has 0 aliphatic carbocycles. The Morgan fingerprint density at radius 3 is 2.21 bits per heavy atom. The number of rotatable bonds is 3. The molecule has 0 aromatic carbocycles. The highest BCUT2D eigenvalue weighted by molar-refractivity contribution is 6.62. The fourth-order valence-corrected chi connectivity index (χ4v) is 2.23. The molecule has 1 aliphatic rings. The molecule has 1 aromatic rings. The number of aryl methyl sites for hydroxylation is 2. The Labute approximate surface area is 116 Å². The first-order valence-corrected chi connectivity index (χ1v) is 7.08. The van der Waals surface area contributed by atoms with Crippen LogP contribution in [0.3, 0.4) is 0 Å². The van der Waals surface area contributed by atoms with E-state index in [0.29, 0.717) is 0 Å². The van der Waals surface area contributed by atoms with Crippen molar-refractivity contribution < 1.29 is 9.31 Å². The van der Waals surface area contributed by atoms with Crippen LogP contribution in [0.5, 0.6) is 0 Å². The fraction of sp³-hybridized carbons (Fsp3) is 0.667. The zero-order valence-electron chi connectivity index (χ0n) is 12.9. The first kappa shape index (κ1) is 14.5. The van der Waals surface area contributed by atoms with Gasteiger partial charge in [0.1, 0.15) is 0 Å². The molecule has 0 unspecified atom stereocenters. The Bertz CT molecular complexity index is 455. The molecule has 0 spiro atoms. The van der Waals surface area contributed by atoms with Gasteiger partial charge in [-0.25, -0.2) is 0 Å². The zero-order chi connectivity index (χ0) is 14.3. The van der Waals surface area contributed by atoms with Crippen molar-refractivity contribution in [2.75, 3.05) is 0 Å². The number of aromatic nitrogens is 1. The van der Waals surface area contributed by atoms with Gasteiger partial charge in [-0.05, 0) is 46.6 Å². The molecule has 1 aromatic heterocycles. The van der Waals surface area contributed by atoms with Gasteiger partial charge in [0.05, 0.1) is 11.2 Å². The van der Waals surface area contributed by atoms with Crippen LogP contribution >= 0.6 is 0 Å². The van der Waals surface area contributed by atoms with Crippen LogP contribution in [0.4, 0.5) is 0 Å². The molecule has 1 saturated heterocycles. The lowest BCUT2D eigenvalue weighted by molar-refractivity contribution is 0.00578. The van der Waals surface area contributed by atoms with Crippen LogP contribution in [0.2, 0.25) is 0 Å². The molecule has 3 nitrogen and oxygen atoms in total. The molecule has 2 rings (SSSR count). The molecule has 0 atom stereocenters. The smallest absolute Gasteiger partial charge is 0.399 e. The van der Waals surface area contributed by atoms with Crippen molar-refractivity contribution in [2.24, 2.45) is 0 Å². The fourth-order valence-electron chi connectivity index (χ4n) is 2.23. The van der Waals surface area contributed by atoms with E-state index >= 15 is 0 Å². The van der Waals surface area contributed by atoms with E-state index in [1.54, 1.807) is 0 Å². The first-order valence-electron chi connectivity index (χ1n) is 7.08. The summed E-state index contributed by atoms with van der Waals surface area (Å²) >= 11 is 0. The first-order chi connectivity index (χ1) is 8.77. The van der Waals surface area contributed by atoms with Crippen LogP contribution < -0.4 is 5.46 Å². The molecular formula is C15H24BNO2. The van der Waals surface area contributed by atoms with E-state index in [-0.39, 0.29) is 18.3 Å². The molecule has 0 amide bonds. The SMILES string of the molecule is CCCc1ncc(B2OC(C)(C)C(C)(C)O2)cc1C. The third-order valence-electron chi connectivity index (χ3n) is 4.22. The second kappa shape index (κ2) is 4.91. The average molecular weight is 261 g/mol. The summed E-state index contributed by atoms with van der Waals surface area (Å²) in [5.74, 6) is 0. The van der Waals surface area contributed by atoms with Crippen LogP contribution in [0.1, 0.15) is 52.3 Å². The van der Waals surface area contributed by atoms with Gasteiger partial charge in [-0.1, -0.05) is 19.4 Å². The van der Waals surface area contributed by atoms with Crippen molar-refractivity contribution >= 4 is 12.6 Å². The predicted molar refractivity (Wildman–Crippen MR) is 78.7 cm³/mol. The molecule has 0 bridgehead atoms. The summed E-state index contributed by atoms with van der Waals surface area (Å²) in [7, 11) is -0.313. The molecule has 4 heteroatoms. The van der Waals surface area contributed by atoms with E-state index in [9.17, 15) is 0 Å². The highest BCUT2D eigenvalue weighted by Gasteiger charge is 2.51. The van der Waals surface area contributed by atoms with Crippen molar-refractivity contribution in [3.8, 4) is 0 Å². The highest BCUT2D eigenvalue weighted by atomic mass is 16.7. The van der Waals surface area contributed by atoms with E-state index in [0.717, 1.165) is 18.3 Å². The molecule has 0 saturated carbocycles. The summed E-state index contributed by atoms with van der Waals surface area (Å²) in [6.45, 7) is 12.5. The van der Waals surface area contributed by atoms with Crippen LogP contribution in [-0.2, 0) is 15.7 Å². The summed E-state index contributed by atoms with van der Waals surface area (Å²) < 4.78 is 12.1. The van der Waals surface area contributed by atoms with Gasteiger partial charge in [-0.2, -0.15) is 0 Å². The van der Waals surface area contributed by atoms with Crippen LogP contribution in [0.15, 0.2) is 12.3 Å². The monoisotopic (exact) mass is 261 g/mol. The van der Waals surface area contributed by atoms with E-state index in [2.05, 4.69) is 52.6 Å². The summed E-state index contributed by atoms with van der Waals surface area (Å²) in [5.41, 5.74) is 2.80. The third kappa shape index (κ3) is 2.70.